The minimum Gasteiger partial charge on any atom is -0.465 e. The number of benzene rings is 1. The Morgan fingerprint density at radius 3 is 2.90 bits per heavy atom. The molecule has 5 nitrogen and oxygen atoms in total. The van der Waals surface area contributed by atoms with Crippen LogP contribution in [-0.4, -0.2) is 24.0 Å². The van der Waals surface area contributed by atoms with E-state index in [1.807, 2.05) is 6.07 Å². The lowest BCUT2D eigenvalue weighted by Gasteiger charge is -2.10. The molecule has 0 saturated carbocycles. The Hall–Kier alpha value is -2.69. The first-order valence-corrected chi connectivity index (χ1v) is 6.14. The van der Waals surface area contributed by atoms with Crippen molar-refractivity contribution in [3.63, 3.8) is 0 Å². The number of amides is 1. The van der Waals surface area contributed by atoms with Gasteiger partial charge in [0.15, 0.2) is 0 Å². The van der Waals surface area contributed by atoms with Crippen LogP contribution in [0.25, 0.3) is 11.1 Å². The number of ether oxygens (including phenoxy) is 1. The molecule has 20 heavy (non-hydrogen) atoms. The highest BCUT2D eigenvalue weighted by Gasteiger charge is 2.24. The van der Waals surface area contributed by atoms with E-state index in [0.717, 1.165) is 11.1 Å². The lowest BCUT2D eigenvalue weighted by molar-refractivity contribution is 0.0601. The second-order valence-corrected chi connectivity index (χ2v) is 4.47. The zero-order valence-electron chi connectivity index (χ0n) is 10.8. The fraction of sp³-hybridized carbons (Fsp3) is 0.133. The summed E-state index contributed by atoms with van der Waals surface area (Å²) in [4.78, 5) is 27.7. The van der Waals surface area contributed by atoms with Gasteiger partial charge in [0.05, 0.1) is 12.7 Å². The summed E-state index contributed by atoms with van der Waals surface area (Å²) >= 11 is 0. The van der Waals surface area contributed by atoms with Crippen LogP contribution >= 0.6 is 0 Å². The Balaban J connectivity index is 2.23. The van der Waals surface area contributed by atoms with E-state index in [1.165, 1.54) is 7.11 Å². The highest BCUT2D eigenvalue weighted by molar-refractivity contribution is 6.04. The van der Waals surface area contributed by atoms with E-state index in [1.54, 1.807) is 30.6 Å². The largest absolute Gasteiger partial charge is 0.465 e. The van der Waals surface area contributed by atoms with Crippen LogP contribution in [-0.2, 0) is 11.3 Å². The molecule has 5 heteroatoms. The number of pyridine rings is 1. The molecule has 0 unspecified atom stereocenters. The molecule has 1 aromatic carbocycles. The molecular weight excluding hydrogens is 256 g/mol. The summed E-state index contributed by atoms with van der Waals surface area (Å²) in [6.45, 7) is 0.436. The Kier molecular flexibility index (Phi) is 2.95. The van der Waals surface area contributed by atoms with Crippen LogP contribution in [0.15, 0.2) is 36.7 Å². The molecule has 2 heterocycles. The van der Waals surface area contributed by atoms with Crippen LogP contribution < -0.4 is 5.32 Å². The molecule has 1 amide bonds. The number of aromatic nitrogens is 1. The number of methoxy groups -OCH3 is 1. The van der Waals surface area contributed by atoms with E-state index >= 15 is 0 Å². The van der Waals surface area contributed by atoms with Gasteiger partial charge in [0.2, 0.25) is 0 Å². The van der Waals surface area contributed by atoms with Crippen LogP contribution in [0.4, 0.5) is 0 Å². The highest BCUT2D eigenvalue weighted by atomic mass is 16.5. The maximum absolute atomic E-state index is 11.9. The predicted octanol–water partition coefficient (Wildman–Crippen LogP) is 1.78. The van der Waals surface area contributed by atoms with Crippen LogP contribution in [0.1, 0.15) is 26.3 Å². The van der Waals surface area contributed by atoms with Gasteiger partial charge in [-0.2, -0.15) is 0 Å². The third-order valence-electron chi connectivity index (χ3n) is 3.31. The molecule has 1 aliphatic rings. The number of nitrogens with zero attached hydrogens (tertiary/aromatic N) is 1. The zero-order chi connectivity index (χ0) is 14.1. The van der Waals surface area contributed by atoms with Gasteiger partial charge >= 0.3 is 5.97 Å². The molecule has 1 aliphatic heterocycles. The van der Waals surface area contributed by atoms with Gasteiger partial charge < -0.3 is 10.1 Å². The van der Waals surface area contributed by atoms with Crippen molar-refractivity contribution >= 4 is 11.9 Å². The molecule has 0 bridgehead atoms. The molecule has 0 spiro atoms. The van der Waals surface area contributed by atoms with Crippen molar-refractivity contribution in [2.24, 2.45) is 0 Å². The predicted molar refractivity (Wildman–Crippen MR) is 72.2 cm³/mol. The number of carbonyl (C=O) groups excluding carboxylic acids is 2. The molecule has 100 valence electrons. The Morgan fingerprint density at radius 1 is 1.35 bits per heavy atom. The standard InChI is InChI=1S/C15H12N2O3/c1-20-15(19)13-5-10-8-17-14(18)12(10)6-11(13)9-3-2-4-16-7-9/h2-7H,8H2,1H3,(H,17,18). The van der Waals surface area contributed by atoms with Crippen molar-refractivity contribution in [3.8, 4) is 11.1 Å². The molecule has 2 aromatic rings. The third-order valence-corrected chi connectivity index (χ3v) is 3.31. The van der Waals surface area contributed by atoms with Gasteiger partial charge in [-0.05, 0) is 29.3 Å². The van der Waals surface area contributed by atoms with Crippen molar-refractivity contribution in [2.75, 3.05) is 7.11 Å². The van der Waals surface area contributed by atoms with E-state index in [9.17, 15) is 9.59 Å². The Bertz CT molecular complexity index is 696. The monoisotopic (exact) mass is 268 g/mol. The molecule has 1 aromatic heterocycles. The van der Waals surface area contributed by atoms with Crippen molar-refractivity contribution < 1.29 is 14.3 Å². The van der Waals surface area contributed by atoms with Crippen LogP contribution in [0.5, 0.6) is 0 Å². The van der Waals surface area contributed by atoms with E-state index in [2.05, 4.69) is 10.3 Å². The minimum atomic E-state index is -0.425. The summed E-state index contributed by atoms with van der Waals surface area (Å²) in [5, 5.41) is 2.74. The summed E-state index contributed by atoms with van der Waals surface area (Å²) in [5.41, 5.74) is 3.27. The summed E-state index contributed by atoms with van der Waals surface area (Å²) in [5.74, 6) is -0.549. The molecule has 0 radical (unpaired) electrons. The lowest BCUT2D eigenvalue weighted by atomic mass is 9.95. The van der Waals surface area contributed by atoms with Gasteiger partial charge in [-0.1, -0.05) is 6.07 Å². The van der Waals surface area contributed by atoms with Gasteiger partial charge in [-0.3, -0.25) is 9.78 Å². The average Bonchev–Trinajstić information content (AvgIpc) is 2.87. The van der Waals surface area contributed by atoms with Crippen molar-refractivity contribution in [3.05, 3.63) is 53.3 Å². The molecule has 1 N–H and O–H groups in total. The van der Waals surface area contributed by atoms with Crippen LogP contribution in [0.2, 0.25) is 0 Å². The normalized spacial score (nSPS) is 12.8. The van der Waals surface area contributed by atoms with Crippen molar-refractivity contribution in [1.82, 2.24) is 10.3 Å². The number of carbonyl (C=O) groups is 2. The summed E-state index contributed by atoms with van der Waals surface area (Å²) in [6.07, 6.45) is 3.31. The number of fused-ring (bicyclic) bond motifs is 1. The summed E-state index contributed by atoms with van der Waals surface area (Å²) in [7, 11) is 1.34. The summed E-state index contributed by atoms with van der Waals surface area (Å²) in [6, 6.07) is 7.06. The SMILES string of the molecule is COC(=O)c1cc2c(cc1-c1cccnc1)C(=O)NC2. The topological polar surface area (TPSA) is 68.3 Å². The van der Waals surface area contributed by atoms with Crippen molar-refractivity contribution in [1.29, 1.82) is 0 Å². The van der Waals surface area contributed by atoms with E-state index in [4.69, 9.17) is 4.74 Å². The number of hydrogen-bond acceptors (Lipinski definition) is 4. The van der Waals surface area contributed by atoms with Crippen molar-refractivity contribution in [2.45, 2.75) is 6.54 Å². The second-order valence-electron chi connectivity index (χ2n) is 4.47. The molecule has 3 rings (SSSR count). The highest BCUT2D eigenvalue weighted by Crippen LogP contribution is 2.29. The first-order valence-electron chi connectivity index (χ1n) is 6.14. The first kappa shape index (κ1) is 12.3. The van der Waals surface area contributed by atoms with Crippen LogP contribution in [0.3, 0.4) is 0 Å². The molecule has 0 fully saturated rings. The fourth-order valence-corrected chi connectivity index (χ4v) is 2.31. The number of esters is 1. The fourth-order valence-electron chi connectivity index (χ4n) is 2.31. The maximum Gasteiger partial charge on any atom is 0.338 e. The van der Waals surface area contributed by atoms with E-state index in [0.29, 0.717) is 23.2 Å². The first-order chi connectivity index (χ1) is 9.70. The molecule has 0 saturated heterocycles. The maximum atomic E-state index is 11.9. The number of rotatable bonds is 2. The van der Waals surface area contributed by atoms with Gasteiger partial charge in [-0.15, -0.1) is 0 Å². The quantitative estimate of drug-likeness (QED) is 0.843. The minimum absolute atomic E-state index is 0.124. The lowest BCUT2D eigenvalue weighted by Crippen LogP contribution is -2.12. The van der Waals surface area contributed by atoms with E-state index in [-0.39, 0.29) is 5.91 Å². The van der Waals surface area contributed by atoms with Gasteiger partial charge in [0, 0.05) is 30.1 Å². The second kappa shape index (κ2) is 4.77. The molecular formula is C15H12N2O3. The smallest absolute Gasteiger partial charge is 0.338 e. The van der Waals surface area contributed by atoms with E-state index < -0.39 is 5.97 Å². The zero-order valence-corrected chi connectivity index (χ0v) is 10.8. The van der Waals surface area contributed by atoms with Gasteiger partial charge in [0.25, 0.3) is 5.91 Å². The Morgan fingerprint density at radius 2 is 2.20 bits per heavy atom. The average molecular weight is 268 g/mol. The third kappa shape index (κ3) is 1.93. The molecule has 0 aliphatic carbocycles. The van der Waals surface area contributed by atoms with Gasteiger partial charge in [0.1, 0.15) is 0 Å². The van der Waals surface area contributed by atoms with Gasteiger partial charge in [-0.25, -0.2) is 4.79 Å². The number of nitrogens with one attached hydrogen (secondary N) is 1. The number of hydrogen-bond donors (Lipinski definition) is 1. The Labute approximate surface area is 115 Å². The summed E-state index contributed by atoms with van der Waals surface area (Å²) < 4.78 is 4.82. The molecule has 0 atom stereocenters. The van der Waals surface area contributed by atoms with Crippen LogP contribution in [0, 0.1) is 0 Å².